The van der Waals surface area contributed by atoms with Crippen LogP contribution in [0.4, 0.5) is 0 Å². The van der Waals surface area contributed by atoms with Gasteiger partial charge in [-0.25, -0.2) is 0 Å². The van der Waals surface area contributed by atoms with Crippen LogP contribution in [-0.4, -0.2) is 13.2 Å². The summed E-state index contributed by atoms with van der Waals surface area (Å²) in [4.78, 5) is 0. The molecule has 0 heterocycles. The molecule has 0 radical (unpaired) electrons. The van der Waals surface area contributed by atoms with Gasteiger partial charge >= 0.3 is 0 Å². The van der Waals surface area contributed by atoms with E-state index in [9.17, 15) is 0 Å². The minimum atomic E-state index is 0.575. The topological polar surface area (TPSA) is 9.23 Å². The predicted molar refractivity (Wildman–Crippen MR) is 73.2 cm³/mol. The van der Waals surface area contributed by atoms with E-state index in [1.807, 2.05) is 7.11 Å². The van der Waals surface area contributed by atoms with Crippen LogP contribution in [-0.2, 0) is 4.74 Å². The summed E-state index contributed by atoms with van der Waals surface area (Å²) in [6.45, 7) is 0. The molecule has 1 heteroatoms. The molecule has 0 saturated heterocycles. The summed E-state index contributed by atoms with van der Waals surface area (Å²) in [5.74, 6) is 1.73. The highest BCUT2D eigenvalue weighted by molar-refractivity contribution is 4.81. The average molecular weight is 238 g/mol. The maximum atomic E-state index is 5.94. The lowest BCUT2D eigenvalue weighted by atomic mass is 9.82. The first-order valence-electron chi connectivity index (χ1n) is 7.94. The molecule has 2 rings (SSSR count). The Labute approximate surface area is 107 Å². The molecule has 0 N–H and O–H groups in total. The summed E-state index contributed by atoms with van der Waals surface area (Å²) in [6, 6.07) is 0. The van der Waals surface area contributed by atoms with Crippen LogP contribution in [0.1, 0.15) is 77.0 Å². The van der Waals surface area contributed by atoms with Gasteiger partial charge in [-0.2, -0.15) is 0 Å². The summed E-state index contributed by atoms with van der Waals surface area (Å²) in [5, 5.41) is 0. The largest absolute Gasteiger partial charge is 0.381 e. The minimum absolute atomic E-state index is 0.575. The molecule has 0 atom stereocenters. The predicted octanol–water partition coefficient (Wildman–Crippen LogP) is 4.94. The molecule has 0 aromatic carbocycles. The first-order chi connectivity index (χ1) is 8.42. The molecule has 2 aliphatic rings. The zero-order valence-corrected chi connectivity index (χ0v) is 11.6. The molecular weight excluding hydrogens is 208 g/mol. The third kappa shape index (κ3) is 3.98. The second kappa shape index (κ2) is 7.41. The Balaban J connectivity index is 1.92. The monoisotopic (exact) mass is 238 g/mol. The van der Waals surface area contributed by atoms with Crippen molar-refractivity contribution in [1.29, 1.82) is 0 Å². The van der Waals surface area contributed by atoms with E-state index >= 15 is 0 Å². The van der Waals surface area contributed by atoms with E-state index < -0.39 is 0 Å². The fourth-order valence-electron chi connectivity index (χ4n) is 4.05. The van der Waals surface area contributed by atoms with Crippen molar-refractivity contribution in [1.82, 2.24) is 0 Å². The van der Waals surface area contributed by atoms with Crippen molar-refractivity contribution >= 4 is 0 Å². The Kier molecular flexibility index (Phi) is 5.84. The lowest BCUT2D eigenvalue weighted by Gasteiger charge is -2.32. The van der Waals surface area contributed by atoms with Gasteiger partial charge in [0.2, 0.25) is 0 Å². The number of methoxy groups -OCH3 is 1. The first kappa shape index (κ1) is 13.4. The Morgan fingerprint density at radius 1 is 0.647 bits per heavy atom. The molecule has 2 aliphatic carbocycles. The molecule has 0 spiro atoms. The van der Waals surface area contributed by atoms with Gasteiger partial charge in [0, 0.05) is 7.11 Å². The van der Waals surface area contributed by atoms with Crippen LogP contribution >= 0.6 is 0 Å². The van der Waals surface area contributed by atoms with Gasteiger partial charge in [0.15, 0.2) is 0 Å². The van der Waals surface area contributed by atoms with E-state index in [1.54, 1.807) is 0 Å². The van der Waals surface area contributed by atoms with E-state index in [2.05, 4.69) is 0 Å². The Bertz CT molecular complexity index is 166. The van der Waals surface area contributed by atoms with Crippen LogP contribution in [0.3, 0.4) is 0 Å². The van der Waals surface area contributed by atoms with Crippen LogP contribution in [0.15, 0.2) is 0 Å². The van der Waals surface area contributed by atoms with Crippen molar-refractivity contribution in [3.63, 3.8) is 0 Å². The quantitative estimate of drug-likeness (QED) is 0.633. The van der Waals surface area contributed by atoms with Gasteiger partial charge < -0.3 is 4.74 Å². The molecule has 0 bridgehead atoms. The zero-order valence-electron chi connectivity index (χ0n) is 11.6. The normalized spacial score (nSPS) is 25.8. The standard InChI is InChI=1S/C16H30O/c1-17-16(14-10-6-2-3-7-11-14)15-12-8-4-5-9-13-15/h14-16H,2-13H2,1H3. The summed E-state index contributed by atoms with van der Waals surface area (Å²) >= 11 is 0. The van der Waals surface area contributed by atoms with Crippen molar-refractivity contribution in [2.45, 2.75) is 83.2 Å². The smallest absolute Gasteiger partial charge is 0.0627 e. The second-order valence-corrected chi connectivity index (χ2v) is 6.20. The number of rotatable bonds is 3. The SMILES string of the molecule is COC(C1CCCCCC1)C1CCCCCC1. The fourth-order valence-corrected chi connectivity index (χ4v) is 4.05. The summed E-state index contributed by atoms with van der Waals surface area (Å²) < 4.78 is 5.94. The van der Waals surface area contributed by atoms with Crippen LogP contribution in [0, 0.1) is 11.8 Å². The van der Waals surface area contributed by atoms with E-state index in [0.29, 0.717) is 6.10 Å². The fraction of sp³-hybridized carbons (Fsp3) is 1.00. The van der Waals surface area contributed by atoms with Crippen LogP contribution < -0.4 is 0 Å². The Hall–Kier alpha value is -0.0400. The molecule has 1 nitrogen and oxygen atoms in total. The molecular formula is C16H30O. The molecule has 0 aromatic heterocycles. The van der Waals surface area contributed by atoms with Crippen molar-refractivity contribution < 1.29 is 4.74 Å². The van der Waals surface area contributed by atoms with E-state index in [4.69, 9.17) is 4.74 Å². The van der Waals surface area contributed by atoms with Crippen LogP contribution in [0.5, 0.6) is 0 Å². The van der Waals surface area contributed by atoms with Crippen LogP contribution in [0.25, 0.3) is 0 Å². The molecule has 2 saturated carbocycles. The van der Waals surface area contributed by atoms with Gasteiger partial charge in [-0.1, -0.05) is 51.4 Å². The summed E-state index contributed by atoms with van der Waals surface area (Å²) in [6.07, 6.45) is 17.9. The Morgan fingerprint density at radius 3 is 1.29 bits per heavy atom. The molecule has 2 fully saturated rings. The van der Waals surface area contributed by atoms with Crippen molar-refractivity contribution in [2.75, 3.05) is 7.11 Å². The highest BCUT2D eigenvalue weighted by Gasteiger charge is 2.30. The number of hydrogen-bond acceptors (Lipinski definition) is 1. The maximum absolute atomic E-state index is 5.94. The molecule has 100 valence electrons. The third-order valence-electron chi connectivity index (χ3n) is 5.00. The van der Waals surface area contributed by atoms with Gasteiger partial charge in [-0.15, -0.1) is 0 Å². The minimum Gasteiger partial charge on any atom is -0.381 e. The Morgan fingerprint density at radius 2 is 1.00 bits per heavy atom. The molecule has 0 aromatic rings. The lowest BCUT2D eigenvalue weighted by molar-refractivity contribution is -0.00460. The molecule has 0 amide bonds. The van der Waals surface area contributed by atoms with Gasteiger partial charge in [0.25, 0.3) is 0 Å². The summed E-state index contributed by atoms with van der Waals surface area (Å²) in [5.41, 5.74) is 0. The molecule has 0 unspecified atom stereocenters. The second-order valence-electron chi connectivity index (χ2n) is 6.20. The third-order valence-corrected chi connectivity index (χ3v) is 5.00. The van der Waals surface area contributed by atoms with E-state index in [-0.39, 0.29) is 0 Å². The molecule has 17 heavy (non-hydrogen) atoms. The number of hydrogen-bond donors (Lipinski definition) is 0. The lowest BCUT2D eigenvalue weighted by Crippen LogP contribution is -2.31. The van der Waals surface area contributed by atoms with Gasteiger partial charge in [0.1, 0.15) is 0 Å². The van der Waals surface area contributed by atoms with Gasteiger partial charge in [-0.3, -0.25) is 0 Å². The zero-order chi connectivity index (χ0) is 11.9. The van der Waals surface area contributed by atoms with Crippen molar-refractivity contribution in [3.05, 3.63) is 0 Å². The van der Waals surface area contributed by atoms with E-state index in [1.165, 1.54) is 77.0 Å². The highest BCUT2D eigenvalue weighted by Crippen LogP contribution is 2.35. The van der Waals surface area contributed by atoms with Crippen LogP contribution in [0.2, 0.25) is 0 Å². The van der Waals surface area contributed by atoms with E-state index in [0.717, 1.165) is 11.8 Å². The van der Waals surface area contributed by atoms with Gasteiger partial charge in [0.05, 0.1) is 6.10 Å². The number of ether oxygens (including phenoxy) is 1. The molecule has 0 aliphatic heterocycles. The summed E-state index contributed by atoms with van der Waals surface area (Å²) in [7, 11) is 1.96. The maximum Gasteiger partial charge on any atom is 0.0627 e. The average Bonchev–Trinajstić information content (AvgIpc) is 2.75. The van der Waals surface area contributed by atoms with Crippen molar-refractivity contribution in [3.8, 4) is 0 Å². The highest BCUT2D eigenvalue weighted by atomic mass is 16.5. The first-order valence-corrected chi connectivity index (χ1v) is 7.94. The van der Waals surface area contributed by atoms with Gasteiger partial charge in [-0.05, 0) is 37.5 Å². The van der Waals surface area contributed by atoms with Crippen molar-refractivity contribution in [2.24, 2.45) is 11.8 Å².